The van der Waals surface area contributed by atoms with Gasteiger partial charge in [-0.05, 0) is 23.6 Å². The van der Waals surface area contributed by atoms with Gasteiger partial charge in [0.1, 0.15) is 5.52 Å². The third kappa shape index (κ3) is 3.31. The van der Waals surface area contributed by atoms with Crippen LogP contribution in [0, 0.1) is 0 Å². The number of hydrogen-bond donors (Lipinski definition) is 0. The number of oxazole rings is 1. The summed E-state index contributed by atoms with van der Waals surface area (Å²) in [7, 11) is 0. The Morgan fingerprint density at radius 1 is 0.543 bits per heavy atom. The first-order valence-electron chi connectivity index (χ1n) is 11.3. The molecule has 0 amide bonds. The number of nitrogens with zero attached hydrogens (tertiary/aromatic N) is 5. The van der Waals surface area contributed by atoms with Crippen LogP contribution in [0.4, 0.5) is 0 Å². The molecule has 4 aromatic carbocycles. The van der Waals surface area contributed by atoms with Crippen LogP contribution in [0.3, 0.4) is 0 Å². The highest BCUT2D eigenvalue weighted by Gasteiger charge is 2.16. The maximum Gasteiger partial charge on any atom is 0.230 e. The smallest absolute Gasteiger partial charge is 0.230 e. The monoisotopic (exact) mass is 451 g/mol. The molecule has 0 bridgehead atoms. The van der Waals surface area contributed by atoms with E-state index in [0.717, 1.165) is 44.0 Å². The number of aromatic nitrogens is 5. The van der Waals surface area contributed by atoms with Gasteiger partial charge in [-0.25, -0.2) is 24.9 Å². The molecule has 0 saturated carbocycles. The molecule has 0 aliphatic carbocycles. The second-order valence-electron chi connectivity index (χ2n) is 8.23. The van der Waals surface area contributed by atoms with E-state index in [1.54, 1.807) is 12.4 Å². The lowest BCUT2D eigenvalue weighted by Gasteiger charge is -2.11. The Bertz CT molecular complexity index is 1810. The Kier molecular flexibility index (Phi) is 4.35. The molecule has 0 aliphatic rings. The predicted molar refractivity (Wildman–Crippen MR) is 137 cm³/mol. The van der Waals surface area contributed by atoms with Crippen LogP contribution in [0.25, 0.3) is 67.1 Å². The average molecular weight is 451 g/mol. The Hall–Kier alpha value is -4.97. The molecule has 0 spiro atoms. The lowest BCUT2D eigenvalue weighted by molar-refractivity contribution is 0.619. The maximum absolute atomic E-state index is 5.86. The molecule has 3 aromatic heterocycles. The molecule has 7 rings (SSSR count). The van der Waals surface area contributed by atoms with E-state index in [2.05, 4.69) is 51.4 Å². The van der Waals surface area contributed by atoms with Crippen LogP contribution in [0.5, 0.6) is 0 Å². The zero-order valence-electron chi connectivity index (χ0n) is 18.5. The fourth-order valence-electron chi connectivity index (χ4n) is 4.33. The van der Waals surface area contributed by atoms with Crippen molar-refractivity contribution in [3.8, 4) is 34.4 Å². The summed E-state index contributed by atoms with van der Waals surface area (Å²) < 4.78 is 5.86. The summed E-state index contributed by atoms with van der Waals surface area (Å²) in [5.74, 6) is 1.39. The molecule has 0 fully saturated rings. The molecular formula is C29H17N5O. The third-order valence-corrected chi connectivity index (χ3v) is 6.03. The summed E-state index contributed by atoms with van der Waals surface area (Å²) in [6, 6.07) is 30.2. The van der Waals surface area contributed by atoms with Gasteiger partial charge in [0.15, 0.2) is 17.2 Å². The summed E-state index contributed by atoms with van der Waals surface area (Å²) in [5.41, 5.74) is 4.95. The Morgan fingerprint density at radius 3 is 2.17 bits per heavy atom. The van der Waals surface area contributed by atoms with Gasteiger partial charge in [-0.15, -0.1) is 0 Å². The lowest BCUT2D eigenvalue weighted by Crippen LogP contribution is -1.99. The van der Waals surface area contributed by atoms with Crippen LogP contribution in [-0.4, -0.2) is 24.9 Å². The highest BCUT2D eigenvalue weighted by molar-refractivity contribution is 6.09. The molecule has 0 radical (unpaired) electrons. The minimum atomic E-state index is 0.442. The molecule has 35 heavy (non-hydrogen) atoms. The molecular weight excluding hydrogens is 434 g/mol. The number of para-hydroxylation sites is 2. The van der Waals surface area contributed by atoms with Gasteiger partial charge in [-0.3, -0.25) is 0 Å². The minimum absolute atomic E-state index is 0.442. The molecule has 6 nitrogen and oxygen atoms in total. The van der Waals surface area contributed by atoms with Gasteiger partial charge in [0.2, 0.25) is 5.89 Å². The molecule has 0 saturated heterocycles. The number of rotatable bonds is 3. The second-order valence-corrected chi connectivity index (χ2v) is 8.23. The number of benzene rings is 4. The van der Waals surface area contributed by atoms with Gasteiger partial charge in [0, 0.05) is 28.7 Å². The minimum Gasteiger partial charge on any atom is -0.436 e. The fraction of sp³-hybridized carbons (Fsp3) is 0. The molecule has 164 valence electrons. The average Bonchev–Trinajstić information content (AvgIpc) is 3.37. The van der Waals surface area contributed by atoms with Crippen LogP contribution in [0.2, 0.25) is 0 Å². The van der Waals surface area contributed by atoms with Crippen LogP contribution in [0.1, 0.15) is 0 Å². The van der Waals surface area contributed by atoms with Crippen molar-refractivity contribution >= 4 is 32.8 Å². The van der Waals surface area contributed by atoms with Gasteiger partial charge >= 0.3 is 0 Å². The zero-order chi connectivity index (χ0) is 23.2. The van der Waals surface area contributed by atoms with E-state index in [0.29, 0.717) is 23.1 Å². The van der Waals surface area contributed by atoms with E-state index in [4.69, 9.17) is 14.4 Å². The van der Waals surface area contributed by atoms with E-state index in [9.17, 15) is 0 Å². The first-order valence-corrected chi connectivity index (χ1v) is 11.3. The molecule has 0 aliphatic heterocycles. The van der Waals surface area contributed by atoms with Crippen molar-refractivity contribution in [2.24, 2.45) is 0 Å². The second kappa shape index (κ2) is 7.81. The summed E-state index contributed by atoms with van der Waals surface area (Å²) in [6.45, 7) is 0. The van der Waals surface area contributed by atoms with Crippen LogP contribution in [0.15, 0.2) is 108 Å². The highest BCUT2D eigenvalue weighted by atomic mass is 16.3. The van der Waals surface area contributed by atoms with Crippen molar-refractivity contribution in [3.63, 3.8) is 0 Å². The van der Waals surface area contributed by atoms with Crippen molar-refractivity contribution in [1.82, 2.24) is 24.9 Å². The summed E-state index contributed by atoms with van der Waals surface area (Å²) >= 11 is 0. The van der Waals surface area contributed by atoms with Crippen molar-refractivity contribution in [2.75, 3.05) is 0 Å². The number of hydrogen-bond acceptors (Lipinski definition) is 6. The molecule has 0 atom stereocenters. The van der Waals surface area contributed by atoms with Crippen molar-refractivity contribution in [1.29, 1.82) is 0 Å². The number of fused-ring (bicyclic) bond motifs is 4. The van der Waals surface area contributed by atoms with Crippen molar-refractivity contribution in [3.05, 3.63) is 103 Å². The summed E-state index contributed by atoms with van der Waals surface area (Å²) in [5, 5.41) is 3.17. The van der Waals surface area contributed by atoms with E-state index in [1.165, 1.54) is 0 Å². The molecule has 0 N–H and O–H groups in total. The van der Waals surface area contributed by atoms with Crippen molar-refractivity contribution in [2.45, 2.75) is 0 Å². The highest BCUT2D eigenvalue weighted by Crippen LogP contribution is 2.32. The van der Waals surface area contributed by atoms with E-state index in [-0.39, 0.29) is 0 Å². The van der Waals surface area contributed by atoms with Gasteiger partial charge in [-0.2, -0.15) is 0 Å². The molecule has 0 unspecified atom stereocenters. The van der Waals surface area contributed by atoms with E-state index >= 15 is 0 Å². The first kappa shape index (κ1) is 19.5. The normalized spacial score (nSPS) is 11.4. The van der Waals surface area contributed by atoms with E-state index in [1.807, 2.05) is 54.6 Å². The topological polar surface area (TPSA) is 77.6 Å². The third-order valence-electron chi connectivity index (χ3n) is 6.03. The van der Waals surface area contributed by atoms with Crippen LogP contribution < -0.4 is 0 Å². The quantitative estimate of drug-likeness (QED) is 0.278. The Morgan fingerprint density at radius 2 is 1.31 bits per heavy atom. The Balaban J connectivity index is 1.40. The van der Waals surface area contributed by atoms with Gasteiger partial charge in [0.25, 0.3) is 0 Å². The lowest BCUT2D eigenvalue weighted by atomic mass is 10.0. The van der Waals surface area contributed by atoms with Gasteiger partial charge < -0.3 is 4.42 Å². The Labute approximate surface area is 200 Å². The molecule has 3 heterocycles. The zero-order valence-corrected chi connectivity index (χ0v) is 18.5. The van der Waals surface area contributed by atoms with Crippen molar-refractivity contribution < 1.29 is 4.42 Å². The summed E-state index contributed by atoms with van der Waals surface area (Å²) in [4.78, 5) is 23.5. The van der Waals surface area contributed by atoms with Crippen LogP contribution in [-0.2, 0) is 0 Å². The first-order chi connectivity index (χ1) is 17.3. The maximum atomic E-state index is 5.86. The molecule has 6 heteroatoms. The SMILES string of the molecule is c1ccc(-c2nc(-c3ncc(-c4nc5ccccc5o4)cn3)nc3c2ccc2ccccc23)cc1. The standard InChI is InChI=1S/C29H17N5O/c1-2-9-19(10-3-1)25-22-15-14-18-8-4-5-11-21(18)26(22)34-28(33-25)27-30-16-20(17-31-27)29-32-23-12-6-7-13-24(23)35-29/h1-17H. The van der Waals surface area contributed by atoms with Crippen LogP contribution >= 0.6 is 0 Å². The summed E-state index contributed by atoms with van der Waals surface area (Å²) in [6.07, 6.45) is 3.40. The largest absolute Gasteiger partial charge is 0.436 e. The van der Waals surface area contributed by atoms with Gasteiger partial charge in [-0.1, -0.05) is 72.8 Å². The fourth-order valence-corrected chi connectivity index (χ4v) is 4.33. The van der Waals surface area contributed by atoms with E-state index < -0.39 is 0 Å². The van der Waals surface area contributed by atoms with Gasteiger partial charge in [0.05, 0.1) is 16.8 Å². The predicted octanol–water partition coefficient (Wildman–Crippen LogP) is 6.72. The molecule has 7 aromatic rings.